The third kappa shape index (κ3) is 2.87. The largest absolute Gasteiger partial charge is 0.481 e. The van der Waals surface area contributed by atoms with E-state index in [-0.39, 0.29) is 24.7 Å². The highest BCUT2D eigenvalue weighted by molar-refractivity contribution is 5.78. The van der Waals surface area contributed by atoms with E-state index in [9.17, 15) is 19.7 Å². The molecule has 1 aliphatic heterocycles. The lowest BCUT2D eigenvalue weighted by Gasteiger charge is -2.15. The molecule has 2 heterocycles. The van der Waals surface area contributed by atoms with Crippen LogP contribution in [-0.2, 0) is 16.1 Å². The fourth-order valence-electron chi connectivity index (χ4n) is 1.96. The van der Waals surface area contributed by atoms with E-state index in [2.05, 4.69) is 5.10 Å². The van der Waals surface area contributed by atoms with E-state index in [1.54, 1.807) is 0 Å². The molecule has 1 N–H and O–H groups in total. The van der Waals surface area contributed by atoms with Gasteiger partial charge in [-0.25, -0.2) is 0 Å². The molecular weight excluding hydrogens is 256 g/mol. The number of carbonyl (C=O) groups excluding carboxylic acids is 1. The standard InChI is InChI=1S/C10H12N4O5/c15-9(12-2-1-7(4-12)10(16)17)6-13-5-8(3-11-13)14(18)19/h3,5,7H,1-2,4,6H2,(H,16,17). The zero-order valence-corrected chi connectivity index (χ0v) is 9.93. The Bertz CT molecular complexity index is 526. The van der Waals surface area contributed by atoms with Gasteiger partial charge in [0.2, 0.25) is 5.91 Å². The van der Waals surface area contributed by atoms with Gasteiger partial charge in [0, 0.05) is 13.1 Å². The highest BCUT2D eigenvalue weighted by Crippen LogP contribution is 2.17. The van der Waals surface area contributed by atoms with Crippen LogP contribution in [0.25, 0.3) is 0 Å². The second kappa shape index (κ2) is 5.04. The fourth-order valence-corrected chi connectivity index (χ4v) is 1.96. The molecule has 1 unspecified atom stereocenters. The van der Waals surface area contributed by atoms with Crippen LogP contribution < -0.4 is 0 Å². The van der Waals surface area contributed by atoms with E-state index in [4.69, 9.17) is 5.11 Å². The Morgan fingerprint density at radius 1 is 1.58 bits per heavy atom. The van der Waals surface area contributed by atoms with E-state index in [1.807, 2.05) is 0 Å². The second-order valence-corrected chi connectivity index (χ2v) is 4.32. The topological polar surface area (TPSA) is 119 Å². The Morgan fingerprint density at radius 2 is 2.32 bits per heavy atom. The number of aromatic nitrogens is 2. The minimum atomic E-state index is -0.912. The van der Waals surface area contributed by atoms with Crippen molar-refractivity contribution in [2.45, 2.75) is 13.0 Å². The van der Waals surface area contributed by atoms with Crippen LogP contribution in [0.4, 0.5) is 5.69 Å². The van der Waals surface area contributed by atoms with Crippen molar-refractivity contribution in [2.75, 3.05) is 13.1 Å². The van der Waals surface area contributed by atoms with Crippen LogP contribution in [0, 0.1) is 16.0 Å². The molecule has 102 valence electrons. The Morgan fingerprint density at radius 3 is 2.84 bits per heavy atom. The van der Waals surface area contributed by atoms with Crippen molar-refractivity contribution in [3.8, 4) is 0 Å². The van der Waals surface area contributed by atoms with E-state index in [0.29, 0.717) is 13.0 Å². The average Bonchev–Trinajstić information content (AvgIpc) is 2.96. The molecule has 0 spiro atoms. The molecule has 0 radical (unpaired) electrons. The number of nitrogens with zero attached hydrogens (tertiary/aromatic N) is 4. The monoisotopic (exact) mass is 268 g/mol. The van der Waals surface area contributed by atoms with Gasteiger partial charge in [-0.05, 0) is 6.42 Å². The average molecular weight is 268 g/mol. The summed E-state index contributed by atoms with van der Waals surface area (Å²) >= 11 is 0. The number of likely N-dealkylation sites (tertiary alicyclic amines) is 1. The molecule has 9 nitrogen and oxygen atoms in total. The summed E-state index contributed by atoms with van der Waals surface area (Å²) in [5.41, 5.74) is -0.183. The molecule has 1 aromatic rings. The Kier molecular flexibility index (Phi) is 3.45. The van der Waals surface area contributed by atoms with Crippen molar-refractivity contribution in [1.29, 1.82) is 0 Å². The second-order valence-electron chi connectivity index (χ2n) is 4.32. The Balaban J connectivity index is 1.94. The van der Waals surface area contributed by atoms with Crippen molar-refractivity contribution >= 4 is 17.6 Å². The van der Waals surface area contributed by atoms with E-state index in [0.717, 1.165) is 6.20 Å². The zero-order chi connectivity index (χ0) is 14.0. The maximum absolute atomic E-state index is 11.9. The number of carbonyl (C=O) groups is 2. The summed E-state index contributed by atoms with van der Waals surface area (Å²) in [7, 11) is 0. The minimum Gasteiger partial charge on any atom is -0.481 e. The molecule has 1 aromatic heterocycles. The summed E-state index contributed by atoms with van der Waals surface area (Å²) in [4.78, 5) is 33.9. The molecule has 0 aliphatic carbocycles. The van der Waals surface area contributed by atoms with E-state index >= 15 is 0 Å². The number of rotatable bonds is 4. The first-order valence-electron chi connectivity index (χ1n) is 5.65. The number of aliphatic carboxylic acids is 1. The predicted molar refractivity (Wildman–Crippen MR) is 61.2 cm³/mol. The molecule has 19 heavy (non-hydrogen) atoms. The van der Waals surface area contributed by atoms with Crippen LogP contribution >= 0.6 is 0 Å². The summed E-state index contributed by atoms with van der Waals surface area (Å²) in [5.74, 6) is -1.73. The van der Waals surface area contributed by atoms with Gasteiger partial charge in [-0.3, -0.25) is 24.4 Å². The Labute approximate surface area is 107 Å². The smallest absolute Gasteiger partial charge is 0.308 e. The fraction of sp³-hybridized carbons (Fsp3) is 0.500. The maximum Gasteiger partial charge on any atom is 0.308 e. The first-order chi connectivity index (χ1) is 8.97. The van der Waals surface area contributed by atoms with Crippen molar-refractivity contribution in [3.05, 3.63) is 22.5 Å². The highest BCUT2D eigenvalue weighted by Gasteiger charge is 2.30. The van der Waals surface area contributed by atoms with Crippen LogP contribution in [0.3, 0.4) is 0 Å². The molecule has 0 saturated carbocycles. The molecule has 1 amide bonds. The maximum atomic E-state index is 11.9. The van der Waals surface area contributed by atoms with Crippen molar-refractivity contribution < 1.29 is 19.6 Å². The summed E-state index contributed by atoms with van der Waals surface area (Å²) in [5, 5.41) is 23.0. The predicted octanol–water partition coefficient (Wildman–Crippen LogP) is -0.276. The first kappa shape index (κ1) is 13.0. The van der Waals surface area contributed by atoms with Gasteiger partial charge in [0.15, 0.2) is 0 Å². The van der Waals surface area contributed by atoms with Crippen molar-refractivity contribution in [1.82, 2.24) is 14.7 Å². The number of carboxylic acid groups (broad SMARTS) is 1. The van der Waals surface area contributed by atoms with Gasteiger partial charge in [-0.2, -0.15) is 5.10 Å². The zero-order valence-electron chi connectivity index (χ0n) is 9.93. The third-order valence-corrected chi connectivity index (χ3v) is 3.02. The quantitative estimate of drug-likeness (QED) is 0.592. The van der Waals surface area contributed by atoms with Gasteiger partial charge in [-0.1, -0.05) is 0 Å². The minimum absolute atomic E-state index is 0.125. The van der Waals surface area contributed by atoms with E-state index < -0.39 is 16.8 Å². The lowest BCUT2D eigenvalue weighted by molar-refractivity contribution is -0.385. The van der Waals surface area contributed by atoms with Gasteiger partial charge < -0.3 is 10.0 Å². The lowest BCUT2D eigenvalue weighted by atomic mass is 10.1. The molecule has 1 aliphatic rings. The van der Waals surface area contributed by atoms with Crippen LogP contribution in [0.1, 0.15) is 6.42 Å². The number of nitro groups is 1. The molecule has 0 aromatic carbocycles. The lowest BCUT2D eigenvalue weighted by Crippen LogP contribution is -2.32. The molecular formula is C10H12N4O5. The molecule has 1 atom stereocenters. The van der Waals surface area contributed by atoms with Crippen LogP contribution in [0.15, 0.2) is 12.4 Å². The first-order valence-corrected chi connectivity index (χ1v) is 5.65. The van der Waals surface area contributed by atoms with Crippen LogP contribution in [0.5, 0.6) is 0 Å². The van der Waals surface area contributed by atoms with Gasteiger partial charge in [-0.15, -0.1) is 0 Å². The summed E-state index contributed by atoms with van der Waals surface area (Å²) in [6, 6.07) is 0. The highest BCUT2D eigenvalue weighted by atomic mass is 16.6. The molecule has 0 bridgehead atoms. The summed E-state index contributed by atoms with van der Waals surface area (Å²) in [6.07, 6.45) is 2.67. The third-order valence-electron chi connectivity index (χ3n) is 3.02. The van der Waals surface area contributed by atoms with Gasteiger partial charge >= 0.3 is 11.7 Å². The van der Waals surface area contributed by atoms with Crippen LogP contribution in [-0.4, -0.2) is 49.7 Å². The van der Waals surface area contributed by atoms with Gasteiger partial charge in [0.05, 0.1) is 10.8 Å². The number of hydrogen-bond acceptors (Lipinski definition) is 5. The van der Waals surface area contributed by atoms with E-state index in [1.165, 1.54) is 15.8 Å². The SMILES string of the molecule is O=C(O)C1CCN(C(=O)Cn2cc([N+](=O)[O-])cn2)C1. The van der Waals surface area contributed by atoms with Gasteiger partial charge in [0.25, 0.3) is 0 Å². The molecule has 1 saturated heterocycles. The summed E-state index contributed by atoms with van der Waals surface area (Å²) in [6.45, 7) is 0.441. The normalized spacial score (nSPS) is 18.5. The van der Waals surface area contributed by atoms with Crippen LogP contribution in [0.2, 0.25) is 0 Å². The molecule has 2 rings (SSSR count). The number of hydrogen-bond donors (Lipinski definition) is 1. The van der Waals surface area contributed by atoms with Crippen molar-refractivity contribution in [2.24, 2.45) is 5.92 Å². The summed E-state index contributed by atoms with van der Waals surface area (Å²) < 4.78 is 1.18. The number of carboxylic acids is 1. The van der Waals surface area contributed by atoms with Gasteiger partial charge in [0.1, 0.15) is 18.9 Å². The molecule has 1 fully saturated rings. The van der Waals surface area contributed by atoms with Crippen molar-refractivity contribution in [3.63, 3.8) is 0 Å². The molecule has 9 heteroatoms. The number of amides is 1. The Hall–Kier alpha value is -2.45.